The molecule has 0 radical (unpaired) electrons. The molecule has 2 aliphatic rings. The summed E-state index contributed by atoms with van der Waals surface area (Å²) in [5.74, 6) is 2.13. The van der Waals surface area contributed by atoms with Gasteiger partial charge in [-0.05, 0) is 56.1 Å². The maximum Gasteiger partial charge on any atom is 0.147 e. The highest BCUT2D eigenvalue weighted by Crippen LogP contribution is 2.42. The lowest BCUT2D eigenvalue weighted by Gasteiger charge is -2.31. The molecule has 1 aliphatic heterocycles. The molecule has 3 aromatic heterocycles. The van der Waals surface area contributed by atoms with E-state index in [-0.39, 0.29) is 0 Å². The Morgan fingerprint density at radius 1 is 1.04 bits per heavy atom. The lowest BCUT2D eigenvalue weighted by atomic mass is 9.89. The van der Waals surface area contributed by atoms with Crippen LogP contribution in [0.25, 0.3) is 20.4 Å². The van der Waals surface area contributed by atoms with Crippen molar-refractivity contribution in [2.75, 3.05) is 36.4 Å². The molecular weight excluding hydrogens is 356 g/mol. The van der Waals surface area contributed by atoms with Crippen molar-refractivity contribution in [1.82, 2.24) is 15.0 Å². The summed E-state index contributed by atoms with van der Waals surface area (Å²) in [6.07, 6.45) is 10.4. The highest BCUT2D eigenvalue weighted by atomic mass is 32.1. The molecule has 0 amide bonds. The topological polar surface area (TPSA) is 80.0 Å². The van der Waals surface area contributed by atoms with Crippen molar-refractivity contribution < 1.29 is 0 Å². The van der Waals surface area contributed by atoms with Gasteiger partial charge in [0.2, 0.25) is 0 Å². The molecular formula is C20H26N6S. The van der Waals surface area contributed by atoms with Crippen molar-refractivity contribution in [1.29, 1.82) is 0 Å². The Labute approximate surface area is 163 Å². The van der Waals surface area contributed by atoms with Crippen molar-refractivity contribution in [2.24, 2.45) is 5.73 Å². The Bertz CT molecular complexity index is 976. The van der Waals surface area contributed by atoms with Gasteiger partial charge in [-0.25, -0.2) is 15.0 Å². The zero-order valence-electron chi connectivity index (χ0n) is 15.6. The van der Waals surface area contributed by atoms with Gasteiger partial charge in [-0.3, -0.25) is 0 Å². The number of hydrogen-bond acceptors (Lipinski definition) is 7. The first-order valence-corrected chi connectivity index (χ1v) is 11.0. The summed E-state index contributed by atoms with van der Waals surface area (Å²) in [5, 5.41) is 4.62. The molecule has 0 unspecified atom stereocenters. The SMILES string of the molecule is NCCNc1ncnc2c1sc1nc(N3CCCCC3)c3c(c12)CCCC3. The minimum atomic E-state index is 0.586. The summed E-state index contributed by atoms with van der Waals surface area (Å²) in [6, 6.07) is 0. The number of pyridine rings is 1. The zero-order chi connectivity index (χ0) is 18.2. The van der Waals surface area contributed by atoms with Crippen molar-refractivity contribution in [3.8, 4) is 0 Å². The number of thiophene rings is 1. The lowest BCUT2D eigenvalue weighted by molar-refractivity contribution is 0.569. The number of piperidine rings is 1. The second-order valence-corrected chi connectivity index (χ2v) is 8.54. The second kappa shape index (κ2) is 7.20. The van der Waals surface area contributed by atoms with Gasteiger partial charge < -0.3 is 16.0 Å². The Kier molecular flexibility index (Phi) is 4.57. The first-order valence-electron chi connectivity index (χ1n) is 10.1. The maximum atomic E-state index is 5.67. The van der Waals surface area contributed by atoms with Gasteiger partial charge >= 0.3 is 0 Å². The fraction of sp³-hybridized carbons (Fsp3) is 0.550. The highest BCUT2D eigenvalue weighted by molar-refractivity contribution is 7.26. The van der Waals surface area contributed by atoms with E-state index in [0.717, 1.165) is 46.8 Å². The van der Waals surface area contributed by atoms with Crippen molar-refractivity contribution >= 4 is 43.4 Å². The van der Waals surface area contributed by atoms with Crippen LogP contribution in [0.1, 0.15) is 43.2 Å². The van der Waals surface area contributed by atoms with E-state index in [0.29, 0.717) is 13.1 Å². The number of hydrogen-bond donors (Lipinski definition) is 2. The maximum absolute atomic E-state index is 5.67. The van der Waals surface area contributed by atoms with Crippen LogP contribution in [0.3, 0.4) is 0 Å². The number of fused-ring (bicyclic) bond motifs is 5. The van der Waals surface area contributed by atoms with Gasteiger partial charge in [-0.15, -0.1) is 11.3 Å². The standard InChI is InChI=1S/C20H26N6S/c21-8-9-22-18-17-16(23-12-24-18)15-13-6-2-3-7-14(13)19(25-20(15)27-17)26-10-4-1-5-11-26/h12H,1-11,21H2,(H,22,23,24). The summed E-state index contributed by atoms with van der Waals surface area (Å²) in [4.78, 5) is 18.0. The number of aryl methyl sites for hydroxylation is 1. The first-order chi connectivity index (χ1) is 13.4. The van der Waals surface area contributed by atoms with Crippen LogP contribution in [0.4, 0.5) is 11.6 Å². The Morgan fingerprint density at radius 2 is 1.85 bits per heavy atom. The average molecular weight is 383 g/mol. The minimum Gasteiger partial charge on any atom is -0.368 e. The van der Waals surface area contributed by atoms with Gasteiger partial charge in [-0.1, -0.05) is 0 Å². The normalized spacial score (nSPS) is 17.4. The molecule has 1 aliphatic carbocycles. The largest absolute Gasteiger partial charge is 0.368 e. The van der Waals surface area contributed by atoms with E-state index >= 15 is 0 Å². The molecule has 0 saturated carbocycles. The van der Waals surface area contributed by atoms with Gasteiger partial charge in [0.1, 0.15) is 22.8 Å². The number of aromatic nitrogens is 3. The van der Waals surface area contributed by atoms with Crippen molar-refractivity contribution in [3.63, 3.8) is 0 Å². The minimum absolute atomic E-state index is 0.586. The Hall–Kier alpha value is -1.99. The van der Waals surface area contributed by atoms with Crippen LogP contribution in [-0.2, 0) is 12.8 Å². The van der Waals surface area contributed by atoms with Gasteiger partial charge in [-0.2, -0.15) is 0 Å². The third-order valence-electron chi connectivity index (χ3n) is 5.79. The fourth-order valence-electron chi connectivity index (χ4n) is 4.52. The molecule has 3 N–H and O–H groups in total. The van der Waals surface area contributed by atoms with Crippen molar-refractivity contribution in [3.05, 3.63) is 17.5 Å². The molecule has 5 rings (SSSR count). The van der Waals surface area contributed by atoms with Crippen LogP contribution in [0.15, 0.2) is 6.33 Å². The van der Waals surface area contributed by atoms with E-state index < -0.39 is 0 Å². The molecule has 142 valence electrons. The van der Waals surface area contributed by atoms with Crippen LogP contribution in [0.5, 0.6) is 0 Å². The first kappa shape index (κ1) is 17.1. The van der Waals surface area contributed by atoms with E-state index in [1.165, 1.54) is 54.4 Å². The van der Waals surface area contributed by atoms with E-state index in [9.17, 15) is 0 Å². The smallest absolute Gasteiger partial charge is 0.147 e. The van der Waals surface area contributed by atoms with Crippen LogP contribution >= 0.6 is 11.3 Å². The summed E-state index contributed by atoms with van der Waals surface area (Å²) >= 11 is 1.72. The van der Waals surface area contributed by atoms with E-state index in [1.54, 1.807) is 17.7 Å². The molecule has 27 heavy (non-hydrogen) atoms. The monoisotopic (exact) mass is 382 g/mol. The summed E-state index contributed by atoms with van der Waals surface area (Å²) in [6.45, 7) is 3.58. The van der Waals surface area contributed by atoms with Gasteiger partial charge in [0.15, 0.2) is 0 Å². The second-order valence-electron chi connectivity index (χ2n) is 7.55. The number of nitrogens with two attached hydrogens (primary N) is 1. The van der Waals surface area contributed by atoms with Crippen LogP contribution in [-0.4, -0.2) is 41.1 Å². The van der Waals surface area contributed by atoms with Gasteiger partial charge in [0.25, 0.3) is 0 Å². The summed E-state index contributed by atoms with van der Waals surface area (Å²) < 4.78 is 1.11. The zero-order valence-corrected chi connectivity index (χ0v) is 16.4. The molecule has 0 bridgehead atoms. The molecule has 0 aromatic carbocycles. The Morgan fingerprint density at radius 3 is 2.67 bits per heavy atom. The van der Waals surface area contributed by atoms with E-state index in [2.05, 4.69) is 20.2 Å². The third-order valence-corrected chi connectivity index (χ3v) is 6.87. The third kappa shape index (κ3) is 2.93. The predicted octanol–water partition coefficient (Wildman–Crippen LogP) is 3.48. The summed E-state index contributed by atoms with van der Waals surface area (Å²) in [5.41, 5.74) is 9.69. The molecule has 0 spiro atoms. The van der Waals surface area contributed by atoms with E-state index in [4.69, 9.17) is 10.7 Å². The number of nitrogens with one attached hydrogen (secondary N) is 1. The molecule has 7 heteroatoms. The average Bonchev–Trinajstić information content (AvgIpc) is 3.11. The Balaban J connectivity index is 1.73. The van der Waals surface area contributed by atoms with Crippen LogP contribution in [0.2, 0.25) is 0 Å². The number of rotatable bonds is 4. The quantitative estimate of drug-likeness (QED) is 0.719. The van der Waals surface area contributed by atoms with E-state index in [1.807, 2.05) is 0 Å². The fourth-order valence-corrected chi connectivity index (χ4v) is 5.64. The lowest BCUT2D eigenvalue weighted by Crippen LogP contribution is -2.31. The number of anilines is 2. The molecule has 1 fully saturated rings. The van der Waals surface area contributed by atoms with Crippen molar-refractivity contribution in [2.45, 2.75) is 44.9 Å². The van der Waals surface area contributed by atoms with Gasteiger partial charge in [0.05, 0.1) is 10.2 Å². The van der Waals surface area contributed by atoms with Crippen LogP contribution < -0.4 is 16.0 Å². The van der Waals surface area contributed by atoms with Gasteiger partial charge in [0, 0.05) is 31.6 Å². The molecule has 3 aromatic rings. The molecule has 0 atom stereocenters. The molecule has 4 heterocycles. The summed E-state index contributed by atoms with van der Waals surface area (Å²) in [7, 11) is 0. The number of nitrogens with zero attached hydrogens (tertiary/aromatic N) is 4. The van der Waals surface area contributed by atoms with Crippen LogP contribution in [0, 0.1) is 0 Å². The highest BCUT2D eigenvalue weighted by Gasteiger charge is 2.26. The molecule has 6 nitrogen and oxygen atoms in total. The predicted molar refractivity (Wildman–Crippen MR) is 113 cm³/mol. The molecule has 1 saturated heterocycles.